The number of nitrogens with zero attached hydrogens (tertiary/aromatic N) is 3. The summed E-state index contributed by atoms with van der Waals surface area (Å²) in [7, 11) is -3.60. The molecule has 8 nitrogen and oxygen atoms in total. The normalized spacial score (nSPS) is 23.7. The van der Waals surface area contributed by atoms with Crippen molar-refractivity contribution in [2.75, 3.05) is 26.2 Å². The maximum Gasteiger partial charge on any atom is 0.420 e. The van der Waals surface area contributed by atoms with E-state index in [4.69, 9.17) is 4.42 Å². The molecule has 0 unspecified atom stereocenters. The third kappa shape index (κ3) is 3.85. The summed E-state index contributed by atoms with van der Waals surface area (Å²) in [6.07, 6.45) is 2.79. The summed E-state index contributed by atoms with van der Waals surface area (Å²) in [6.45, 7) is 6.52. The van der Waals surface area contributed by atoms with E-state index in [1.165, 1.54) is 21.0 Å². The van der Waals surface area contributed by atoms with Crippen LogP contribution in [0.3, 0.4) is 0 Å². The van der Waals surface area contributed by atoms with Crippen LogP contribution in [0.2, 0.25) is 0 Å². The highest BCUT2D eigenvalue weighted by atomic mass is 32.2. The van der Waals surface area contributed by atoms with Crippen LogP contribution in [0.4, 0.5) is 0 Å². The van der Waals surface area contributed by atoms with Crippen LogP contribution < -0.4 is 5.76 Å². The SMILES string of the molecule is C[C@@H]1C[C@@H](C)CN(C(=O)Cn2c(=O)oc3cc(S(=O)(=O)N4CCCC4)ccc32)C1. The first-order valence-electron chi connectivity index (χ1n) is 10.2. The van der Waals surface area contributed by atoms with Gasteiger partial charge >= 0.3 is 5.76 Å². The maximum atomic E-state index is 12.8. The zero-order valence-corrected chi connectivity index (χ0v) is 17.7. The topological polar surface area (TPSA) is 92.8 Å². The van der Waals surface area contributed by atoms with Gasteiger partial charge in [-0.15, -0.1) is 0 Å². The molecule has 1 amide bonds. The second-order valence-electron chi connectivity index (χ2n) is 8.44. The fraction of sp³-hybridized carbons (Fsp3) is 0.600. The quantitative estimate of drug-likeness (QED) is 0.752. The Hall–Kier alpha value is -2.13. The molecule has 4 rings (SSSR count). The van der Waals surface area contributed by atoms with Gasteiger partial charge in [-0.05, 0) is 43.2 Å². The molecule has 0 N–H and O–H groups in total. The summed E-state index contributed by atoms with van der Waals surface area (Å²) in [5, 5.41) is 0. The van der Waals surface area contributed by atoms with Crippen molar-refractivity contribution in [3.63, 3.8) is 0 Å². The van der Waals surface area contributed by atoms with Crippen molar-refractivity contribution in [2.45, 2.75) is 44.6 Å². The largest absolute Gasteiger partial charge is 0.420 e. The molecule has 0 bridgehead atoms. The van der Waals surface area contributed by atoms with Crippen molar-refractivity contribution in [3.8, 4) is 0 Å². The van der Waals surface area contributed by atoms with Gasteiger partial charge in [0.15, 0.2) is 5.58 Å². The summed E-state index contributed by atoms with van der Waals surface area (Å²) >= 11 is 0. The van der Waals surface area contributed by atoms with Gasteiger partial charge in [0.05, 0.1) is 10.4 Å². The Labute approximate surface area is 170 Å². The molecular weight excluding hydrogens is 394 g/mol. The van der Waals surface area contributed by atoms with Crippen LogP contribution in [-0.2, 0) is 21.4 Å². The van der Waals surface area contributed by atoms with E-state index < -0.39 is 15.8 Å². The molecule has 2 fully saturated rings. The lowest BCUT2D eigenvalue weighted by atomic mass is 9.92. The Morgan fingerprint density at radius 1 is 1.14 bits per heavy atom. The monoisotopic (exact) mass is 421 g/mol. The zero-order chi connectivity index (χ0) is 20.8. The number of oxazole rings is 1. The Kier molecular flexibility index (Phi) is 5.29. The number of carbonyl (C=O) groups excluding carboxylic acids is 1. The molecule has 29 heavy (non-hydrogen) atoms. The number of fused-ring (bicyclic) bond motifs is 1. The van der Waals surface area contributed by atoms with Crippen molar-refractivity contribution in [2.24, 2.45) is 11.8 Å². The van der Waals surface area contributed by atoms with E-state index in [9.17, 15) is 18.0 Å². The van der Waals surface area contributed by atoms with E-state index in [1.807, 2.05) is 0 Å². The highest BCUT2D eigenvalue weighted by Crippen LogP contribution is 2.25. The number of benzene rings is 1. The van der Waals surface area contributed by atoms with Crippen LogP contribution in [0.15, 0.2) is 32.3 Å². The average molecular weight is 422 g/mol. The van der Waals surface area contributed by atoms with E-state index >= 15 is 0 Å². The summed E-state index contributed by atoms with van der Waals surface area (Å²) in [5.41, 5.74) is 0.616. The first kappa shape index (κ1) is 20.2. The lowest BCUT2D eigenvalue weighted by molar-refractivity contribution is -0.134. The number of hydrogen-bond donors (Lipinski definition) is 0. The van der Waals surface area contributed by atoms with Crippen LogP contribution in [0.1, 0.15) is 33.1 Å². The van der Waals surface area contributed by atoms with Crippen LogP contribution in [0, 0.1) is 11.8 Å². The molecule has 2 aliphatic heterocycles. The predicted octanol–water partition coefficient (Wildman–Crippen LogP) is 1.88. The maximum absolute atomic E-state index is 12.8. The summed E-state index contributed by atoms with van der Waals surface area (Å²) in [4.78, 5) is 27.1. The Balaban J connectivity index is 1.60. The molecule has 1 aromatic carbocycles. The molecule has 1 aromatic heterocycles. The van der Waals surface area contributed by atoms with Crippen molar-refractivity contribution < 1.29 is 17.6 Å². The van der Waals surface area contributed by atoms with Gasteiger partial charge in [0, 0.05) is 32.2 Å². The third-order valence-electron chi connectivity index (χ3n) is 5.86. The number of amides is 1. The molecule has 2 aliphatic rings. The molecule has 2 aromatic rings. The van der Waals surface area contributed by atoms with E-state index in [0.29, 0.717) is 43.5 Å². The highest BCUT2D eigenvalue weighted by Gasteiger charge is 2.29. The van der Waals surface area contributed by atoms with Crippen LogP contribution in [0.5, 0.6) is 0 Å². The molecule has 0 spiro atoms. The summed E-state index contributed by atoms with van der Waals surface area (Å²) in [5.74, 6) is 0.0851. The Morgan fingerprint density at radius 3 is 2.45 bits per heavy atom. The number of likely N-dealkylation sites (tertiary alicyclic amines) is 1. The number of carbonyl (C=O) groups is 1. The molecule has 2 saturated heterocycles. The smallest absolute Gasteiger partial charge is 0.408 e. The standard InChI is InChI=1S/C20H27N3O5S/c1-14-9-15(2)12-21(11-14)19(24)13-23-17-6-5-16(10-18(17)28-20(23)25)29(26,27)22-7-3-4-8-22/h5-6,10,14-15H,3-4,7-9,11-13H2,1-2H3/t14-,15-/m1/s1. The van der Waals surface area contributed by atoms with Crippen molar-refractivity contribution in [3.05, 3.63) is 28.7 Å². The van der Waals surface area contributed by atoms with E-state index in [-0.39, 0.29) is 22.9 Å². The lowest BCUT2D eigenvalue weighted by Crippen LogP contribution is -2.44. The van der Waals surface area contributed by atoms with Gasteiger partial charge in [-0.3, -0.25) is 9.36 Å². The van der Waals surface area contributed by atoms with Gasteiger partial charge in [0.25, 0.3) is 0 Å². The summed E-state index contributed by atoms with van der Waals surface area (Å²) < 4.78 is 33.5. The average Bonchev–Trinajstić information content (AvgIpc) is 3.29. The van der Waals surface area contributed by atoms with Crippen molar-refractivity contribution in [1.82, 2.24) is 13.8 Å². The minimum atomic E-state index is -3.60. The second kappa shape index (κ2) is 7.60. The van der Waals surface area contributed by atoms with Crippen LogP contribution in [0.25, 0.3) is 11.1 Å². The third-order valence-corrected chi connectivity index (χ3v) is 7.75. The number of sulfonamides is 1. The molecule has 0 aliphatic carbocycles. The van der Waals surface area contributed by atoms with Crippen LogP contribution in [-0.4, -0.2) is 54.3 Å². The van der Waals surface area contributed by atoms with Gasteiger partial charge in [0.2, 0.25) is 15.9 Å². The Morgan fingerprint density at radius 2 is 1.79 bits per heavy atom. The lowest BCUT2D eigenvalue weighted by Gasteiger charge is -2.35. The van der Waals surface area contributed by atoms with Gasteiger partial charge in [-0.25, -0.2) is 13.2 Å². The zero-order valence-electron chi connectivity index (χ0n) is 16.8. The van der Waals surface area contributed by atoms with Gasteiger partial charge in [-0.1, -0.05) is 13.8 Å². The molecule has 3 heterocycles. The molecular formula is C20H27N3O5S. The van der Waals surface area contributed by atoms with Crippen molar-refractivity contribution >= 4 is 27.0 Å². The van der Waals surface area contributed by atoms with E-state index in [2.05, 4.69) is 13.8 Å². The van der Waals surface area contributed by atoms with Gasteiger partial charge < -0.3 is 9.32 Å². The minimum absolute atomic E-state index is 0.108. The van der Waals surface area contributed by atoms with Crippen LogP contribution >= 0.6 is 0 Å². The fourth-order valence-corrected chi connectivity index (χ4v) is 6.07. The first-order valence-corrected chi connectivity index (χ1v) is 11.6. The number of rotatable bonds is 4. The fourth-order valence-electron chi connectivity index (χ4n) is 4.54. The molecule has 9 heteroatoms. The van der Waals surface area contributed by atoms with E-state index in [1.54, 1.807) is 11.0 Å². The minimum Gasteiger partial charge on any atom is -0.408 e. The van der Waals surface area contributed by atoms with Gasteiger partial charge in [0.1, 0.15) is 6.54 Å². The highest BCUT2D eigenvalue weighted by molar-refractivity contribution is 7.89. The predicted molar refractivity (Wildman–Crippen MR) is 108 cm³/mol. The second-order valence-corrected chi connectivity index (χ2v) is 10.4. The molecule has 2 atom stereocenters. The Bertz CT molecular complexity index is 1070. The molecule has 0 saturated carbocycles. The first-order chi connectivity index (χ1) is 13.8. The number of aromatic nitrogens is 1. The molecule has 0 radical (unpaired) electrons. The van der Waals surface area contributed by atoms with Gasteiger partial charge in [-0.2, -0.15) is 4.31 Å². The molecule has 158 valence electrons. The van der Waals surface area contributed by atoms with E-state index in [0.717, 1.165) is 19.3 Å². The number of hydrogen-bond acceptors (Lipinski definition) is 5. The summed E-state index contributed by atoms with van der Waals surface area (Å²) in [6, 6.07) is 4.42. The van der Waals surface area contributed by atoms with Crippen molar-refractivity contribution in [1.29, 1.82) is 0 Å². The number of piperidine rings is 1.